The molecule has 0 radical (unpaired) electrons. The van der Waals surface area contributed by atoms with E-state index in [1.54, 1.807) is 26.1 Å². The third-order valence-electron chi connectivity index (χ3n) is 4.54. The van der Waals surface area contributed by atoms with Gasteiger partial charge in [0, 0.05) is 46.8 Å². The van der Waals surface area contributed by atoms with E-state index in [-0.39, 0.29) is 36.4 Å². The van der Waals surface area contributed by atoms with Crippen molar-refractivity contribution in [2.75, 3.05) is 65.4 Å². The van der Waals surface area contributed by atoms with E-state index in [1.807, 2.05) is 18.2 Å². The number of carbonyl (C=O) groups excluding carboxylic acids is 1. The summed E-state index contributed by atoms with van der Waals surface area (Å²) in [6, 6.07) is 8.11. The number of nitrogens with one attached hydrogen (secondary N) is 1. The van der Waals surface area contributed by atoms with E-state index >= 15 is 0 Å². The number of anilines is 1. The van der Waals surface area contributed by atoms with Crippen LogP contribution in [-0.4, -0.2) is 82.1 Å². The van der Waals surface area contributed by atoms with Crippen LogP contribution in [0.2, 0.25) is 0 Å². The van der Waals surface area contributed by atoms with Gasteiger partial charge in [0.25, 0.3) is 0 Å². The third-order valence-corrected chi connectivity index (χ3v) is 4.54. The summed E-state index contributed by atoms with van der Waals surface area (Å²) >= 11 is 0. The van der Waals surface area contributed by atoms with Gasteiger partial charge in [-0.15, -0.1) is 24.0 Å². The fourth-order valence-corrected chi connectivity index (χ4v) is 2.90. The maximum Gasteiger partial charge on any atom is 0.243 e. The van der Waals surface area contributed by atoms with Crippen LogP contribution in [0.3, 0.4) is 0 Å². The first kappa shape index (κ1) is 24.3. The van der Waals surface area contributed by atoms with Crippen LogP contribution in [0.4, 0.5) is 5.69 Å². The molecule has 1 amide bonds. The van der Waals surface area contributed by atoms with E-state index in [2.05, 4.69) is 40.0 Å². The Labute approximate surface area is 186 Å². The lowest BCUT2D eigenvalue weighted by Crippen LogP contribution is -2.53. The minimum absolute atomic E-state index is 0. The Morgan fingerprint density at radius 3 is 2.43 bits per heavy atom. The Bertz CT molecular complexity index is 643. The average molecular weight is 503 g/mol. The van der Waals surface area contributed by atoms with Crippen molar-refractivity contribution in [2.45, 2.75) is 13.8 Å². The fourth-order valence-electron chi connectivity index (χ4n) is 2.90. The van der Waals surface area contributed by atoms with E-state index in [0.717, 1.165) is 50.1 Å². The number of hydrogen-bond donors (Lipinski definition) is 1. The second kappa shape index (κ2) is 12.0. The number of methoxy groups -OCH3 is 1. The number of piperazine rings is 1. The Kier molecular flexibility index (Phi) is 10.4. The molecule has 1 N–H and O–H groups in total. The predicted molar refractivity (Wildman–Crippen MR) is 126 cm³/mol. The largest absolute Gasteiger partial charge is 0.495 e. The van der Waals surface area contributed by atoms with E-state index < -0.39 is 0 Å². The molecule has 1 aliphatic heterocycles. The molecule has 0 saturated carbocycles. The first-order valence-electron chi connectivity index (χ1n) is 9.53. The number of para-hydroxylation sites is 2. The number of hydrogen-bond acceptors (Lipinski definition) is 4. The van der Waals surface area contributed by atoms with Crippen LogP contribution >= 0.6 is 24.0 Å². The number of halogens is 1. The molecule has 1 aromatic carbocycles. The highest BCUT2D eigenvalue weighted by molar-refractivity contribution is 14.0. The molecular formula is C20H34IN5O2. The van der Waals surface area contributed by atoms with Gasteiger partial charge in [0.05, 0.1) is 12.8 Å². The fraction of sp³-hybridized carbons (Fsp3) is 0.600. The molecule has 0 bridgehead atoms. The molecule has 1 aliphatic rings. The third kappa shape index (κ3) is 7.03. The monoisotopic (exact) mass is 503 g/mol. The summed E-state index contributed by atoms with van der Waals surface area (Å²) in [5.41, 5.74) is 1.12. The molecule has 2 rings (SSSR count). The zero-order chi connectivity index (χ0) is 19.8. The maximum atomic E-state index is 11.9. The SMILES string of the molecule is COc1ccccc1N1CCN(C(=NCC(=O)N(C)C)NCC(C)C)CC1.I. The van der Waals surface area contributed by atoms with E-state index in [9.17, 15) is 4.79 Å². The molecule has 1 saturated heterocycles. The summed E-state index contributed by atoms with van der Waals surface area (Å²) in [6.45, 7) is 8.78. The highest BCUT2D eigenvalue weighted by Crippen LogP contribution is 2.28. The van der Waals surface area contributed by atoms with E-state index in [4.69, 9.17) is 4.74 Å². The molecular weight excluding hydrogens is 469 g/mol. The lowest BCUT2D eigenvalue weighted by Gasteiger charge is -2.38. The molecule has 28 heavy (non-hydrogen) atoms. The summed E-state index contributed by atoms with van der Waals surface area (Å²) < 4.78 is 5.49. The second-order valence-corrected chi connectivity index (χ2v) is 7.35. The number of carbonyl (C=O) groups is 1. The molecule has 7 nitrogen and oxygen atoms in total. The highest BCUT2D eigenvalue weighted by atomic mass is 127. The zero-order valence-electron chi connectivity index (χ0n) is 17.6. The number of ether oxygens (including phenoxy) is 1. The number of nitrogens with zero attached hydrogens (tertiary/aromatic N) is 4. The van der Waals surface area contributed by atoms with E-state index in [0.29, 0.717) is 5.92 Å². The number of likely N-dealkylation sites (N-methyl/N-ethyl adjacent to an activating group) is 1. The van der Waals surface area contributed by atoms with Crippen molar-refractivity contribution in [3.63, 3.8) is 0 Å². The van der Waals surface area contributed by atoms with Gasteiger partial charge in [0.2, 0.25) is 5.91 Å². The van der Waals surface area contributed by atoms with Gasteiger partial charge >= 0.3 is 0 Å². The Morgan fingerprint density at radius 1 is 1.21 bits per heavy atom. The van der Waals surface area contributed by atoms with Gasteiger partial charge in [0.15, 0.2) is 5.96 Å². The minimum Gasteiger partial charge on any atom is -0.495 e. The lowest BCUT2D eigenvalue weighted by molar-refractivity contribution is -0.127. The van der Waals surface area contributed by atoms with Gasteiger partial charge < -0.3 is 24.8 Å². The van der Waals surface area contributed by atoms with Crippen molar-refractivity contribution in [3.8, 4) is 5.75 Å². The standard InChI is InChI=1S/C20H33N5O2.HI/c1-16(2)14-21-20(22-15-19(26)23(3)4)25-12-10-24(11-13-25)17-8-6-7-9-18(17)27-5;/h6-9,16H,10-15H2,1-5H3,(H,21,22);1H. The van der Waals surface area contributed by atoms with Crippen molar-refractivity contribution < 1.29 is 9.53 Å². The van der Waals surface area contributed by atoms with Crippen molar-refractivity contribution in [2.24, 2.45) is 10.9 Å². The van der Waals surface area contributed by atoms with Gasteiger partial charge in [-0.2, -0.15) is 0 Å². The van der Waals surface area contributed by atoms with Crippen LogP contribution in [0.15, 0.2) is 29.3 Å². The molecule has 1 fully saturated rings. The van der Waals surface area contributed by atoms with Crippen LogP contribution in [0, 0.1) is 5.92 Å². The van der Waals surface area contributed by atoms with Crippen LogP contribution in [0.1, 0.15) is 13.8 Å². The second-order valence-electron chi connectivity index (χ2n) is 7.35. The molecule has 8 heteroatoms. The quantitative estimate of drug-likeness (QED) is 0.366. The van der Waals surface area contributed by atoms with Gasteiger partial charge in [-0.1, -0.05) is 26.0 Å². The number of rotatable bonds is 6. The van der Waals surface area contributed by atoms with Gasteiger partial charge in [-0.25, -0.2) is 4.99 Å². The molecule has 0 spiro atoms. The van der Waals surface area contributed by atoms with Crippen molar-refractivity contribution in [1.29, 1.82) is 0 Å². The van der Waals surface area contributed by atoms with Crippen LogP contribution < -0.4 is 15.0 Å². The molecule has 0 unspecified atom stereocenters. The number of aliphatic imine (C=N–C) groups is 1. The first-order chi connectivity index (χ1) is 12.9. The number of amides is 1. The molecule has 0 aliphatic carbocycles. The van der Waals surface area contributed by atoms with Gasteiger partial charge in [-0.05, 0) is 18.1 Å². The number of benzene rings is 1. The summed E-state index contributed by atoms with van der Waals surface area (Å²) in [4.78, 5) is 22.6. The van der Waals surface area contributed by atoms with Crippen LogP contribution in [0.5, 0.6) is 5.75 Å². The van der Waals surface area contributed by atoms with Crippen molar-refractivity contribution >= 4 is 41.5 Å². The first-order valence-corrected chi connectivity index (χ1v) is 9.53. The Hall–Kier alpha value is -1.71. The average Bonchev–Trinajstić information content (AvgIpc) is 2.67. The van der Waals surface area contributed by atoms with Crippen LogP contribution in [0.25, 0.3) is 0 Å². The van der Waals surface area contributed by atoms with Gasteiger partial charge in [0.1, 0.15) is 12.3 Å². The zero-order valence-corrected chi connectivity index (χ0v) is 20.0. The smallest absolute Gasteiger partial charge is 0.243 e. The van der Waals surface area contributed by atoms with Crippen LogP contribution in [-0.2, 0) is 4.79 Å². The Balaban J connectivity index is 0.00000392. The van der Waals surface area contributed by atoms with Crippen molar-refractivity contribution in [1.82, 2.24) is 15.1 Å². The molecule has 0 atom stereocenters. The highest BCUT2D eigenvalue weighted by Gasteiger charge is 2.22. The summed E-state index contributed by atoms with van der Waals surface area (Å²) in [5, 5.41) is 3.42. The maximum absolute atomic E-state index is 11.9. The topological polar surface area (TPSA) is 60.4 Å². The normalized spacial score (nSPS) is 14.6. The summed E-state index contributed by atoms with van der Waals surface area (Å²) in [5.74, 6) is 2.23. The summed E-state index contributed by atoms with van der Waals surface area (Å²) in [7, 11) is 5.22. The molecule has 1 aromatic rings. The van der Waals surface area contributed by atoms with Crippen molar-refractivity contribution in [3.05, 3.63) is 24.3 Å². The molecule has 158 valence electrons. The minimum atomic E-state index is 0. The lowest BCUT2D eigenvalue weighted by atomic mass is 10.2. The summed E-state index contributed by atoms with van der Waals surface area (Å²) in [6.07, 6.45) is 0. The Morgan fingerprint density at radius 2 is 1.86 bits per heavy atom. The molecule has 1 heterocycles. The number of guanidine groups is 1. The van der Waals surface area contributed by atoms with E-state index in [1.165, 1.54) is 0 Å². The predicted octanol–water partition coefficient (Wildman–Crippen LogP) is 2.13. The molecule has 0 aromatic heterocycles. The van der Waals surface area contributed by atoms with Gasteiger partial charge in [-0.3, -0.25) is 4.79 Å².